The van der Waals surface area contributed by atoms with Gasteiger partial charge in [-0.25, -0.2) is 14.8 Å². The Bertz CT molecular complexity index is 1370. The number of rotatable bonds is 4. The molecule has 4 aromatic rings. The minimum Gasteiger partial charge on any atom is -0.394 e. The highest BCUT2D eigenvalue weighted by molar-refractivity contribution is 5.70. The van der Waals surface area contributed by atoms with E-state index in [1.165, 1.54) is 28.8 Å². The van der Waals surface area contributed by atoms with E-state index < -0.39 is 0 Å². The summed E-state index contributed by atoms with van der Waals surface area (Å²) in [6.45, 7) is 0.300. The summed E-state index contributed by atoms with van der Waals surface area (Å²) >= 11 is 0. The number of nitrogens with zero attached hydrogens (tertiary/aromatic N) is 7. The first-order chi connectivity index (χ1) is 14.3. The number of hydrogen-bond acceptors (Lipinski definition) is 9. The molecule has 0 saturated heterocycles. The Labute approximate surface area is 167 Å². The van der Waals surface area contributed by atoms with Crippen molar-refractivity contribution in [3.8, 4) is 0 Å². The standard InChI is InChI=1S/C8H11N5O3.C8H10N4O2/c9-8-11-6-5(7(15)12-8)10-3-13(6)4-16-2-1-14;1-10-4-9-6-5(10)7(13)12(3)8(14)11(6)2/h3,14H,1-2,4H2,(H3,9,11,12,15);4H,1-3H3. The van der Waals surface area contributed by atoms with Crippen LogP contribution in [0.1, 0.15) is 0 Å². The zero-order valence-electron chi connectivity index (χ0n) is 16.6. The van der Waals surface area contributed by atoms with Gasteiger partial charge in [-0.05, 0) is 0 Å². The van der Waals surface area contributed by atoms with Crippen molar-refractivity contribution >= 4 is 28.3 Å². The number of imidazole rings is 2. The van der Waals surface area contributed by atoms with Crippen LogP contribution < -0.4 is 22.5 Å². The number of nitrogens with one attached hydrogen (secondary N) is 1. The van der Waals surface area contributed by atoms with Gasteiger partial charge in [-0.3, -0.25) is 28.3 Å². The Morgan fingerprint density at radius 3 is 2.53 bits per heavy atom. The third kappa shape index (κ3) is 3.72. The molecule has 0 aliphatic rings. The Morgan fingerprint density at radius 1 is 1.10 bits per heavy atom. The highest BCUT2D eigenvalue weighted by atomic mass is 16.5. The third-order valence-corrected chi connectivity index (χ3v) is 4.28. The second-order valence-corrected chi connectivity index (χ2v) is 6.33. The van der Waals surface area contributed by atoms with Crippen LogP contribution in [-0.2, 0) is 32.6 Å². The molecule has 0 aromatic carbocycles. The van der Waals surface area contributed by atoms with Gasteiger partial charge in [0.05, 0.1) is 25.9 Å². The lowest BCUT2D eigenvalue weighted by Gasteiger charge is -2.03. The minimum atomic E-state index is -0.386. The fourth-order valence-corrected chi connectivity index (χ4v) is 2.76. The molecule has 0 aliphatic carbocycles. The fraction of sp³-hybridized carbons (Fsp3) is 0.375. The summed E-state index contributed by atoms with van der Waals surface area (Å²) in [7, 11) is 4.77. The van der Waals surface area contributed by atoms with Crippen molar-refractivity contribution < 1.29 is 9.84 Å². The molecule has 4 rings (SSSR count). The number of nitrogen functional groups attached to an aromatic ring is 1. The Kier molecular flexibility index (Phi) is 5.79. The maximum Gasteiger partial charge on any atom is 0.332 e. The van der Waals surface area contributed by atoms with Gasteiger partial charge >= 0.3 is 5.69 Å². The van der Waals surface area contributed by atoms with Gasteiger partial charge in [-0.2, -0.15) is 4.98 Å². The molecule has 14 nitrogen and oxygen atoms in total. The van der Waals surface area contributed by atoms with Crippen molar-refractivity contribution in [2.45, 2.75) is 6.73 Å². The van der Waals surface area contributed by atoms with E-state index in [2.05, 4.69) is 19.9 Å². The highest BCUT2D eigenvalue weighted by Gasteiger charge is 2.11. The number of H-pyrrole nitrogens is 1. The summed E-state index contributed by atoms with van der Waals surface area (Å²) in [5, 5.41) is 8.56. The molecule has 14 heteroatoms. The zero-order chi connectivity index (χ0) is 22.0. The summed E-state index contributed by atoms with van der Waals surface area (Å²) in [4.78, 5) is 48.8. The first-order valence-corrected chi connectivity index (χ1v) is 8.72. The molecule has 0 aliphatic heterocycles. The van der Waals surface area contributed by atoms with Gasteiger partial charge < -0.3 is 20.1 Å². The van der Waals surface area contributed by atoms with E-state index in [9.17, 15) is 14.4 Å². The van der Waals surface area contributed by atoms with Gasteiger partial charge in [0.1, 0.15) is 6.73 Å². The Balaban J connectivity index is 0.000000172. The van der Waals surface area contributed by atoms with Gasteiger partial charge in [0, 0.05) is 21.1 Å². The average Bonchev–Trinajstić information content (AvgIpc) is 3.29. The lowest BCUT2D eigenvalue weighted by atomic mass is 10.5. The first kappa shape index (κ1) is 20.9. The van der Waals surface area contributed by atoms with Crippen molar-refractivity contribution in [1.29, 1.82) is 0 Å². The van der Waals surface area contributed by atoms with Crippen LogP contribution in [0.2, 0.25) is 0 Å². The quantitative estimate of drug-likeness (QED) is 0.305. The molecule has 4 aromatic heterocycles. The molecular weight excluding hydrogens is 398 g/mol. The molecule has 0 saturated carbocycles. The van der Waals surface area contributed by atoms with E-state index in [4.69, 9.17) is 15.6 Å². The van der Waals surface area contributed by atoms with E-state index in [1.807, 2.05) is 0 Å². The number of nitrogens with two attached hydrogens (primary N) is 1. The summed E-state index contributed by atoms with van der Waals surface area (Å²) in [6.07, 6.45) is 2.95. The summed E-state index contributed by atoms with van der Waals surface area (Å²) in [5.41, 5.74) is 5.78. The monoisotopic (exact) mass is 419 g/mol. The van der Waals surface area contributed by atoms with Gasteiger partial charge in [0.15, 0.2) is 22.3 Å². The van der Waals surface area contributed by atoms with Crippen LogP contribution in [0.5, 0.6) is 0 Å². The normalized spacial score (nSPS) is 11.1. The maximum absolute atomic E-state index is 11.7. The van der Waals surface area contributed by atoms with E-state index in [0.29, 0.717) is 16.8 Å². The van der Waals surface area contributed by atoms with Crippen LogP contribution in [0.4, 0.5) is 5.95 Å². The average molecular weight is 419 g/mol. The number of anilines is 1. The topological polar surface area (TPSA) is 181 Å². The Hall–Kier alpha value is -3.78. The van der Waals surface area contributed by atoms with Crippen LogP contribution in [0.25, 0.3) is 22.3 Å². The van der Waals surface area contributed by atoms with Crippen molar-refractivity contribution in [3.05, 3.63) is 43.8 Å². The summed E-state index contributed by atoms with van der Waals surface area (Å²) < 4.78 is 10.7. The maximum atomic E-state index is 11.7. The number of ether oxygens (including phenoxy) is 1. The first-order valence-electron chi connectivity index (χ1n) is 8.72. The van der Waals surface area contributed by atoms with Crippen molar-refractivity contribution in [2.24, 2.45) is 21.1 Å². The van der Waals surface area contributed by atoms with E-state index >= 15 is 0 Å². The van der Waals surface area contributed by atoms with E-state index in [1.54, 1.807) is 18.7 Å². The largest absolute Gasteiger partial charge is 0.394 e. The number of aryl methyl sites for hydroxylation is 2. The molecule has 0 amide bonds. The molecule has 160 valence electrons. The lowest BCUT2D eigenvalue weighted by molar-refractivity contribution is 0.0499. The fourth-order valence-electron chi connectivity index (χ4n) is 2.76. The predicted octanol–water partition coefficient (Wildman–Crippen LogP) is -2.36. The number of fused-ring (bicyclic) bond motifs is 2. The van der Waals surface area contributed by atoms with Gasteiger partial charge in [-0.1, -0.05) is 0 Å². The third-order valence-electron chi connectivity index (χ3n) is 4.28. The van der Waals surface area contributed by atoms with Crippen LogP contribution in [0.15, 0.2) is 27.0 Å². The number of aromatic nitrogens is 8. The van der Waals surface area contributed by atoms with Gasteiger partial charge in [-0.15, -0.1) is 0 Å². The molecule has 30 heavy (non-hydrogen) atoms. The number of aliphatic hydroxyl groups is 1. The second kappa shape index (κ2) is 8.30. The Morgan fingerprint density at radius 2 is 1.83 bits per heavy atom. The highest BCUT2D eigenvalue weighted by Crippen LogP contribution is 2.06. The number of hydrogen-bond donors (Lipinski definition) is 3. The molecule has 4 N–H and O–H groups in total. The minimum absolute atomic E-state index is 0.0291. The SMILES string of the molecule is Cn1c(=O)c2c(ncn2C)n(C)c1=O.Nc1nc2c(ncn2COCCO)c(=O)[nH]1. The van der Waals surface area contributed by atoms with Crippen molar-refractivity contribution in [3.63, 3.8) is 0 Å². The molecular formula is C16H21N9O5. The summed E-state index contributed by atoms with van der Waals surface area (Å²) in [6, 6.07) is 0. The summed E-state index contributed by atoms with van der Waals surface area (Å²) in [5.74, 6) is 0.0291. The zero-order valence-corrected chi connectivity index (χ0v) is 16.6. The second-order valence-electron chi connectivity index (χ2n) is 6.33. The van der Waals surface area contributed by atoms with Crippen LogP contribution >= 0.6 is 0 Å². The van der Waals surface area contributed by atoms with E-state index in [0.717, 1.165) is 4.57 Å². The molecule has 0 fully saturated rings. The molecule has 0 atom stereocenters. The van der Waals surface area contributed by atoms with Gasteiger partial charge in [0.2, 0.25) is 5.95 Å². The predicted molar refractivity (Wildman–Crippen MR) is 107 cm³/mol. The molecule has 0 unspecified atom stereocenters. The lowest BCUT2D eigenvalue weighted by Crippen LogP contribution is -2.37. The van der Waals surface area contributed by atoms with E-state index in [-0.39, 0.29) is 48.2 Å². The van der Waals surface area contributed by atoms with Crippen LogP contribution in [-0.4, -0.2) is 56.5 Å². The van der Waals surface area contributed by atoms with Crippen LogP contribution in [0, 0.1) is 0 Å². The molecule has 4 heterocycles. The van der Waals surface area contributed by atoms with Gasteiger partial charge in [0.25, 0.3) is 11.1 Å². The number of aliphatic hydroxyl groups excluding tert-OH is 1. The van der Waals surface area contributed by atoms with Crippen molar-refractivity contribution in [2.75, 3.05) is 18.9 Å². The molecule has 0 radical (unpaired) electrons. The van der Waals surface area contributed by atoms with Crippen molar-refractivity contribution in [1.82, 2.24) is 38.2 Å². The smallest absolute Gasteiger partial charge is 0.332 e. The molecule has 0 spiro atoms. The number of aromatic amines is 1. The van der Waals surface area contributed by atoms with Crippen LogP contribution in [0.3, 0.4) is 0 Å². The molecule has 0 bridgehead atoms.